The molecule has 0 amide bonds. The van der Waals surface area contributed by atoms with Crippen LogP contribution in [0.1, 0.15) is 44.2 Å². The van der Waals surface area contributed by atoms with Gasteiger partial charge in [-0.15, -0.1) is 0 Å². The molecular weight excluding hydrogens is 196 g/mol. The largest absolute Gasteiger partial charge is 0.389 e. The molecule has 0 bridgehead atoms. The molecule has 2 unspecified atom stereocenters. The third-order valence-electron chi connectivity index (χ3n) is 4.08. The van der Waals surface area contributed by atoms with Crippen molar-refractivity contribution in [2.75, 3.05) is 0 Å². The molecule has 1 aromatic rings. The Morgan fingerprint density at radius 2 is 2.00 bits per heavy atom. The van der Waals surface area contributed by atoms with E-state index in [2.05, 4.69) is 38.1 Å². The van der Waals surface area contributed by atoms with Crippen LogP contribution in [0.15, 0.2) is 24.3 Å². The van der Waals surface area contributed by atoms with Crippen molar-refractivity contribution < 1.29 is 5.11 Å². The van der Waals surface area contributed by atoms with Gasteiger partial charge in [0.05, 0.1) is 5.60 Å². The van der Waals surface area contributed by atoms with Gasteiger partial charge in [0.2, 0.25) is 0 Å². The topological polar surface area (TPSA) is 20.2 Å². The highest BCUT2D eigenvalue weighted by Crippen LogP contribution is 2.35. The van der Waals surface area contributed by atoms with E-state index in [-0.39, 0.29) is 0 Å². The zero-order chi connectivity index (χ0) is 11.6. The van der Waals surface area contributed by atoms with Crippen molar-refractivity contribution in [3.8, 4) is 0 Å². The highest BCUT2D eigenvalue weighted by atomic mass is 16.3. The summed E-state index contributed by atoms with van der Waals surface area (Å²) in [6.07, 6.45) is 5.07. The Hall–Kier alpha value is -0.820. The minimum atomic E-state index is -0.468. The normalized spacial score (nSPS) is 26.2. The Kier molecular flexibility index (Phi) is 3.34. The quantitative estimate of drug-likeness (QED) is 0.825. The summed E-state index contributed by atoms with van der Waals surface area (Å²) in [5.74, 6) is 0.408. The number of hydrogen-bond acceptors (Lipinski definition) is 1. The molecule has 16 heavy (non-hydrogen) atoms. The molecule has 0 aromatic heterocycles. The molecule has 1 nitrogen and oxygen atoms in total. The molecule has 0 spiro atoms. The molecule has 1 N–H and O–H groups in total. The van der Waals surface area contributed by atoms with Crippen LogP contribution in [0.2, 0.25) is 0 Å². The lowest BCUT2D eigenvalue weighted by Crippen LogP contribution is -2.42. The number of rotatable bonds is 3. The second-order valence-corrected chi connectivity index (χ2v) is 5.24. The molecule has 0 heterocycles. The lowest BCUT2D eigenvalue weighted by atomic mass is 9.72. The molecule has 0 radical (unpaired) electrons. The van der Waals surface area contributed by atoms with Crippen molar-refractivity contribution in [3.63, 3.8) is 0 Å². The first-order valence-corrected chi connectivity index (χ1v) is 6.45. The Labute approximate surface area is 98.5 Å². The van der Waals surface area contributed by atoms with E-state index in [1.54, 1.807) is 0 Å². The van der Waals surface area contributed by atoms with Crippen molar-refractivity contribution in [2.24, 2.45) is 5.92 Å². The lowest BCUT2D eigenvalue weighted by molar-refractivity contribution is -0.0271. The fraction of sp³-hybridized carbons (Fsp3) is 0.600. The molecule has 1 aliphatic rings. The molecule has 1 aromatic carbocycles. The number of benzene rings is 1. The van der Waals surface area contributed by atoms with Gasteiger partial charge in [-0.1, -0.05) is 44.5 Å². The van der Waals surface area contributed by atoms with Crippen LogP contribution < -0.4 is 0 Å². The average molecular weight is 218 g/mol. The maximum Gasteiger partial charge on any atom is 0.0716 e. The fourth-order valence-electron chi connectivity index (χ4n) is 2.87. The summed E-state index contributed by atoms with van der Waals surface area (Å²) < 4.78 is 0. The van der Waals surface area contributed by atoms with Gasteiger partial charge in [-0.05, 0) is 36.3 Å². The Balaban J connectivity index is 2.17. The third-order valence-corrected chi connectivity index (χ3v) is 4.08. The number of aryl methyl sites for hydroxylation is 1. The van der Waals surface area contributed by atoms with Crippen LogP contribution in [0.4, 0.5) is 0 Å². The van der Waals surface area contributed by atoms with E-state index < -0.39 is 5.60 Å². The first kappa shape index (κ1) is 11.7. The van der Waals surface area contributed by atoms with Gasteiger partial charge in [0, 0.05) is 6.42 Å². The average Bonchev–Trinajstić information content (AvgIpc) is 2.29. The van der Waals surface area contributed by atoms with E-state index in [4.69, 9.17) is 0 Å². The minimum Gasteiger partial charge on any atom is -0.389 e. The van der Waals surface area contributed by atoms with Gasteiger partial charge in [0.15, 0.2) is 0 Å². The monoisotopic (exact) mass is 218 g/mol. The molecule has 0 fully saturated rings. The second kappa shape index (κ2) is 4.58. The predicted octanol–water partition coefficient (Wildman–Crippen LogP) is 3.34. The van der Waals surface area contributed by atoms with Crippen LogP contribution in [-0.4, -0.2) is 10.7 Å². The van der Waals surface area contributed by atoms with Crippen molar-refractivity contribution in [1.82, 2.24) is 0 Å². The van der Waals surface area contributed by atoms with Crippen molar-refractivity contribution in [1.29, 1.82) is 0 Å². The minimum absolute atomic E-state index is 0.408. The first-order chi connectivity index (χ1) is 7.65. The smallest absolute Gasteiger partial charge is 0.0716 e. The van der Waals surface area contributed by atoms with E-state index in [9.17, 15) is 5.11 Å². The van der Waals surface area contributed by atoms with Gasteiger partial charge in [-0.25, -0.2) is 0 Å². The molecule has 1 aliphatic carbocycles. The number of hydrogen-bond donors (Lipinski definition) is 1. The number of fused-ring (bicyclic) bond motifs is 1. The molecule has 2 rings (SSSR count). The first-order valence-electron chi connectivity index (χ1n) is 6.45. The van der Waals surface area contributed by atoms with Gasteiger partial charge < -0.3 is 5.11 Å². The molecule has 1 heteroatoms. The summed E-state index contributed by atoms with van der Waals surface area (Å²) in [5, 5.41) is 10.7. The maximum atomic E-state index is 10.7. The highest BCUT2D eigenvalue weighted by Gasteiger charge is 2.36. The van der Waals surface area contributed by atoms with Crippen LogP contribution in [0.5, 0.6) is 0 Å². The zero-order valence-electron chi connectivity index (χ0n) is 10.4. The molecule has 2 atom stereocenters. The van der Waals surface area contributed by atoms with Gasteiger partial charge in [-0.2, -0.15) is 0 Å². The summed E-state index contributed by atoms with van der Waals surface area (Å²) in [7, 11) is 0. The number of aliphatic hydroxyl groups is 1. The SMILES string of the molecule is CCCC(C)C1(O)CCc2ccccc2C1. The second-order valence-electron chi connectivity index (χ2n) is 5.24. The predicted molar refractivity (Wildman–Crippen MR) is 67.5 cm³/mol. The van der Waals surface area contributed by atoms with Crippen LogP contribution in [0.3, 0.4) is 0 Å². The Bertz CT molecular complexity index is 358. The van der Waals surface area contributed by atoms with Crippen LogP contribution in [0.25, 0.3) is 0 Å². The van der Waals surface area contributed by atoms with Crippen LogP contribution in [0, 0.1) is 5.92 Å². The molecule has 0 aliphatic heterocycles. The van der Waals surface area contributed by atoms with Gasteiger partial charge in [-0.3, -0.25) is 0 Å². The van der Waals surface area contributed by atoms with Gasteiger partial charge in [0.1, 0.15) is 0 Å². The molecule has 0 saturated carbocycles. The fourth-order valence-corrected chi connectivity index (χ4v) is 2.87. The third kappa shape index (κ3) is 2.15. The van der Waals surface area contributed by atoms with Crippen LogP contribution in [-0.2, 0) is 12.8 Å². The molecular formula is C15H22O. The summed E-state index contributed by atoms with van der Waals surface area (Å²) in [4.78, 5) is 0. The maximum absolute atomic E-state index is 10.7. The van der Waals surface area contributed by atoms with Gasteiger partial charge in [0.25, 0.3) is 0 Å². The highest BCUT2D eigenvalue weighted by molar-refractivity contribution is 5.31. The zero-order valence-corrected chi connectivity index (χ0v) is 10.4. The van der Waals surface area contributed by atoms with Crippen molar-refractivity contribution in [2.45, 2.75) is 51.6 Å². The summed E-state index contributed by atoms with van der Waals surface area (Å²) in [6, 6.07) is 8.53. The Morgan fingerprint density at radius 3 is 2.69 bits per heavy atom. The van der Waals surface area contributed by atoms with Crippen molar-refractivity contribution in [3.05, 3.63) is 35.4 Å². The summed E-state index contributed by atoms with van der Waals surface area (Å²) >= 11 is 0. The van der Waals surface area contributed by atoms with E-state index in [0.717, 1.165) is 32.1 Å². The Morgan fingerprint density at radius 1 is 1.31 bits per heavy atom. The summed E-state index contributed by atoms with van der Waals surface area (Å²) in [5.41, 5.74) is 2.31. The summed E-state index contributed by atoms with van der Waals surface area (Å²) in [6.45, 7) is 4.38. The standard InChI is InChI=1S/C15H22O/c1-3-6-12(2)15(16)10-9-13-7-4-5-8-14(13)11-15/h4-5,7-8,12,16H,3,6,9-11H2,1-2H3. The van der Waals surface area contributed by atoms with Crippen LogP contribution >= 0.6 is 0 Å². The van der Waals surface area contributed by atoms with E-state index in [1.807, 2.05) is 0 Å². The van der Waals surface area contributed by atoms with E-state index >= 15 is 0 Å². The lowest BCUT2D eigenvalue weighted by Gasteiger charge is -2.38. The molecule has 0 saturated heterocycles. The van der Waals surface area contributed by atoms with E-state index in [0.29, 0.717) is 5.92 Å². The van der Waals surface area contributed by atoms with Crippen molar-refractivity contribution >= 4 is 0 Å². The van der Waals surface area contributed by atoms with Gasteiger partial charge >= 0.3 is 0 Å². The van der Waals surface area contributed by atoms with E-state index in [1.165, 1.54) is 11.1 Å². The molecule has 88 valence electrons.